The van der Waals surface area contributed by atoms with Gasteiger partial charge in [0, 0.05) is 25.5 Å². The molecule has 1 aromatic heterocycles. The van der Waals surface area contributed by atoms with E-state index >= 15 is 0 Å². The maximum Gasteiger partial charge on any atom is 0.0312 e. The number of hydrogen-bond acceptors (Lipinski definition) is 2. The molecule has 0 amide bonds. The number of rotatable bonds is 3. The lowest BCUT2D eigenvalue weighted by atomic mass is 9.84. The second-order valence-electron chi connectivity index (χ2n) is 6.52. The molecule has 2 rings (SSSR count). The van der Waals surface area contributed by atoms with Crippen molar-refractivity contribution in [3.63, 3.8) is 0 Å². The average molecular weight is 232 g/mol. The summed E-state index contributed by atoms with van der Waals surface area (Å²) >= 11 is 0. The Morgan fingerprint density at radius 2 is 2.24 bits per heavy atom. The van der Waals surface area contributed by atoms with Crippen molar-refractivity contribution in [2.45, 2.75) is 40.2 Å². The number of hydrogen-bond donors (Lipinski definition) is 0. The van der Waals surface area contributed by atoms with Crippen molar-refractivity contribution in [3.05, 3.63) is 30.1 Å². The van der Waals surface area contributed by atoms with Gasteiger partial charge in [-0.05, 0) is 42.3 Å². The molecule has 0 saturated carbocycles. The lowest BCUT2D eigenvalue weighted by Crippen LogP contribution is -2.21. The van der Waals surface area contributed by atoms with E-state index in [2.05, 4.69) is 36.7 Å². The fourth-order valence-electron chi connectivity index (χ4n) is 2.84. The summed E-state index contributed by atoms with van der Waals surface area (Å²) < 4.78 is 0. The van der Waals surface area contributed by atoms with Gasteiger partial charge in [-0.2, -0.15) is 0 Å². The quantitative estimate of drug-likeness (QED) is 0.794. The molecule has 2 nitrogen and oxygen atoms in total. The molecule has 1 fully saturated rings. The Bertz CT molecular complexity index is 340. The van der Waals surface area contributed by atoms with E-state index in [9.17, 15) is 0 Å². The molecule has 94 valence electrons. The van der Waals surface area contributed by atoms with Crippen LogP contribution in [0.1, 0.15) is 39.2 Å². The Kier molecular flexibility index (Phi) is 3.82. The highest BCUT2D eigenvalue weighted by Crippen LogP contribution is 2.30. The van der Waals surface area contributed by atoms with Gasteiger partial charge in [-0.15, -0.1) is 0 Å². The van der Waals surface area contributed by atoms with Crippen molar-refractivity contribution in [1.82, 2.24) is 9.88 Å². The number of aromatic nitrogens is 1. The van der Waals surface area contributed by atoms with E-state index in [0.717, 1.165) is 12.5 Å². The Morgan fingerprint density at radius 3 is 2.88 bits per heavy atom. The van der Waals surface area contributed by atoms with Crippen molar-refractivity contribution in [2.75, 3.05) is 13.1 Å². The minimum absolute atomic E-state index is 0.467. The summed E-state index contributed by atoms with van der Waals surface area (Å²) in [6.45, 7) is 10.6. The van der Waals surface area contributed by atoms with E-state index in [1.165, 1.54) is 31.5 Å². The van der Waals surface area contributed by atoms with Gasteiger partial charge >= 0.3 is 0 Å². The van der Waals surface area contributed by atoms with E-state index in [1.54, 1.807) is 0 Å². The van der Waals surface area contributed by atoms with Crippen LogP contribution < -0.4 is 0 Å². The van der Waals surface area contributed by atoms with Gasteiger partial charge in [-0.3, -0.25) is 9.88 Å². The molecule has 1 aromatic rings. The van der Waals surface area contributed by atoms with E-state index in [-0.39, 0.29) is 0 Å². The molecule has 0 N–H and O–H groups in total. The Balaban J connectivity index is 1.82. The second-order valence-corrected chi connectivity index (χ2v) is 6.52. The molecule has 1 unspecified atom stereocenters. The van der Waals surface area contributed by atoms with Gasteiger partial charge in [0.1, 0.15) is 0 Å². The van der Waals surface area contributed by atoms with Crippen LogP contribution in [0.3, 0.4) is 0 Å². The number of nitrogens with zero attached hydrogens (tertiary/aromatic N) is 2. The third-order valence-electron chi connectivity index (χ3n) is 3.40. The molecule has 1 atom stereocenters. The monoisotopic (exact) mass is 232 g/mol. The summed E-state index contributed by atoms with van der Waals surface area (Å²) in [5.41, 5.74) is 1.80. The van der Waals surface area contributed by atoms with Crippen LogP contribution in [0.4, 0.5) is 0 Å². The Labute approximate surface area is 105 Å². The molecule has 0 aromatic carbocycles. The van der Waals surface area contributed by atoms with Crippen molar-refractivity contribution >= 4 is 0 Å². The van der Waals surface area contributed by atoms with Crippen LogP contribution in [0, 0.1) is 11.3 Å². The lowest BCUT2D eigenvalue weighted by molar-refractivity contribution is 0.269. The Hall–Kier alpha value is -0.890. The zero-order chi connectivity index (χ0) is 12.3. The molecule has 0 aliphatic carbocycles. The molecule has 1 saturated heterocycles. The maximum atomic E-state index is 4.18. The van der Waals surface area contributed by atoms with Crippen LogP contribution in [-0.2, 0) is 6.54 Å². The van der Waals surface area contributed by atoms with Crippen molar-refractivity contribution < 1.29 is 0 Å². The maximum absolute atomic E-state index is 4.18. The van der Waals surface area contributed by atoms with Crippen molar-refractivity contribution in [2.24, 2.45) is 11.3 Å². The van der Waals surface area contributed by atoms with Gasteiger partial charge in [-0.25, -0.2) is 0 Å². The summed E-state index contributed by atoms with van der Waals surface area (Å²) in [4.78, 5) is 6.74. The predicted molar refractivity (Wildman–Crippen MR) is 71.7 cm³/mol. The summed E-state index contributed by atoms with van der Waals surface area (Å²) in [5, 5.41) is 0. The van der Waals surface area contributed by atoms with Crippen LogP contribution in [0.5, 0.6) is 0 Å². The molecule has 2 heterocycles. The fraction of sp³-hybridized carbons (Fsp3) is 0.667. The zero-order valence-electron chi connectivity index (χ0n) is 11.3. The highest BCUT2D eigenvalue weighted by Gasteiger charge is 2.26. The third kappa shape index (κ3) is 4.12. The van der Waals surface area contributed by atoms with Crippen LogP contribution in [-0.4, -0.2) is 23.0 Å². The summed E-state index contributed by atoms with van der Waals surface area (Å²) in [5.74, 6) is 0.881. The van der Waals surface area contributed by atoms with Crippen LogP contribution in [0.2, 0.25) is 0 Å². The number of likely N-dealkylation sites (tertiary alicyclic amines) is 1. The van der Waals surface area contributed by atoms with Gasteiger partial charge in [0.05, 0.1) is 0 Å². The zero-order valence-corrected chi connectivity index (χ0v) is 11.3. The van der Waals surface area contributed by atoms with Gasteiger partial charge < -0.3 is 0 Å². The second kappa shape index (κ2) is 5.18. The van der Waals surface area contributed by atoms with Gasteiger partial charge in [0.15, 0.2) is 0 Å². The van der Waals surface area contributed by atoms with Gasteiger partial charge in [-0.1, -0.05) is 26.8 Å². The first-order chi connectivity index (χ1) is 8.03. The average Bonchev–Trinajstić information content (AvgIpc) is 2.64. The van der Waals surface area contributed by atoms with Crippen molar-refractivity contribution in [3.8, 4) is 0 Å². The highest BCUT2D eigenvalue weighted by atomic mass is 15.1. The van der Waals surface area contributed by atoms with E-state index < -0.39 is 0 Å². The standard InChI is InChI=1S/C15H24N2/c1-15(2,3)9-13-6-8-17(11-13)12-14-5-4-7-16-10-14/h4-5,7,10,13H,6,8-9,11-12H2,1-3H3. The van der Waals surface area contributed by atoms with Gasteiger partial charge in [0.25, 0.3) is 0 Å². The first kappa shape index (κ1) is 12.6. The molecular weight excluding hydrogens is 208 g/mol. The molecule has 1 aliphatic rings. The molecule has 1 aliphatic heterocycles. The molecule has 2 heteroatoms. The Morgan fingerprint density at radius 1 is 1.41 bits per heavy atom. The summed E-state index contributed by atoms with van der Waals surface area (Å²) in [7, 11) is 0. The summed E-state index contributed by atoms with van der Waals surface area (Å²) in [6.07, 6.45) is 6.53. The van der Waals surface area contributed by atoms with Crippen molar-refractivity contribution in [1.29, 1.82) is 0 Å². The lowest BCUT2D eigenvalue weighted by Gasteiger charge is -2.23. The first-order valence-electron chi connectivity index (χ1n) is 6.64. The first-order valence-corrected chi connectivity index (χ1v) is 6.64. The largest absolute Gasteiger partial charge is 0.299 e. The summed E-state index contributed by atoms with van der Waals surface area (Å²) in [6, 6.07) is 4.20. The van der Waals surface area contributed by atoms with E-state index in [4.69, 9.17) is 0 Å². The number of pyridine rings is 1. The normalized spacial score (nSPS) is 21.9. The molecule has 17 heavy (non-hydrogen) atoms. The minimum Gasteiger partial charge on any atom is -0.299 e. The van der Waals surface area contributed by atoms with E-state index in [0.29, 0.717) is 5.41 Å². The molecule has 0 bridgehead atoms. The fourth-order valence-corrected chi connectivity index (χ4v) is 2.84. The molecule has 0 spiro atoms. The van der Waals surface area contributed by atoms with E-state index in [1.807, 2.05) is 18.5 Å². The predicted octanol–water partition coefficient (Wildman–Crippen LogP) is 3.34. The minimum atomic E-state index is 0.467. The highest BCUT2D eigenvalue weighted by molar-refractivity contribution is 5.08. The van der Waals surface area contributed by atoms with Gasteiger partial charge in [0.2, 0.25) is 0 Å². The van der Waals surface area contributed by atoms with Crippen LogP contribution in [0.25, 0.3) is 0 Å². The molecular formula is C15H24N2. The molecule has 0 radical (unpaired) electrons. The topological polar surface area (TPSA) is 16.1 Å². The van der Waals surface area contributed by atoms with Crippen LogP contribution in [0.15, 0.2) is 24.5 Å². The SMILES string of the molecule is CC(C)(C)CC1CCN(Cc2cccnc2)C1. The third-order valence-corrected chi connectivity index (χ3v) is 3.40. The smallest absolute Gasteiger partial charge is 0.0312 e. The van der Waals surface area contributed by atoms with Crippen LogP contribution >= 0.6 is 0 Å².